The van der Waals surface area contributed by atoms with Gasteiger partial charge in [-0.25, -0.2) is 4.98 Å². The zero-order valence-electron chi connectivity index (χ0n) is 16.7. The molecule has 0 saturated heterocycles. The normalized spacial score (nSPS) is 11.7. The molecule has 0 aliphatic carbocycles. The van der Waals surface area contributed by atoms with Crippen LogP contribution in [0.25, 0.3) is 11.0 Å². The van der Waals surface area contributed by atoms with Crippen molar-refractivity contribution in [2.24, 2.45) is 0 Å². The van der Waals surface area contributed by atoms with Crippen molar-refractivity contribution >= 4 is 27.0 Å². The van der Waals surface area contributed by atoms with Crippen LogP contribution in [-0.2, 0) is 5.54 Å². The minimum Gasteiger partial charge on any atom is -0.312 e. The average molecular weight is 453 g/mol. The highest BCUT2D eigenvalue weighted by molar-refractivity contribution is 9.10. The quantitative estimate of drug-likeness (QED) is 0.269. The Morgan fingerprint density at radius 3 is 1.63 bits per heavy atom. The van der Waals surface area contributed by atoms with Gasteiger partial charge in [-0.05, 0) is 41.3 Å². The lowest BCUT2D eigenvalue weighted by molar-refractivity contribution is 0.529. The first kappa shape index (κ1) is 18.8. The van der Waals surface area contributed by atoms with Crippen molar-refractivity contribution in [1.82, 2.24) is 9.55 Å². The molecule has 0 unspecified atom stereocenters. The van der Waals surface area contributed by atoms with Crippen LogP contribution in [-0.4, -0.2) is 9.55 Å². The van der Waals surface area contributed by atoms with Crippen molar-refractivity contribution in [3.05, 3.63) is 136 Å². The largest absolute Gasteiger partial charge is 0.312 e. The van der Waals surface area contributed by atoms with Crippen molar-refractivity contribution in [3.63, 3.8) is 0 Å². The summed E-state index contributed by atoms with van der Waals surface area (Å²) in [6.07, 6.45) is 1.98. The molecule has 0 amide bonds. The molecule has 3 heteroatoms. The third kappa shape index (κ3) is 2.89. The molecule has 0 aliphatic heterocycles. The standard InChI is InChI=1S/C27H21BrN2/c1-20-17-26-25(18-24(20)28)29-19-30(26)27(21-11-5-2-6-12-21,22-13-7-3-8-14-22)23-15-9-4-10-16-23/h2-19H,1H3. The predicted octanol–water partition coefficient (Wildman–Crippen LogP) is 6.95. The number of hydrogen-bond acceptors (Lipinski definition) is 1. The second-order valence-electron chi connectivity index (χ2n) is 7.51. The fraction of sp³-hybridized carbons (Fsp3) is 0.0741. The first-order valence-corrected chi connectivity index (χ1v) is 10.8. The van der Waals surface area contributed by atoms with Gasteiger partial charge in [0.25, 0.3) is 0 Å². The third-order valence-corrected chi connectivity index (χ3v) is 6.62. The van der Waals surface area contributed by atoms with Crippen LogP contribution in [0.5, 0.6) is 0 Å². The Kier molecular flexibility index (Phi) is 4.76. The van der Waals surface area contributed by atoms with Crippen molar-refractivity contribution in [3.8, 4) is 0 Å². The number of rotatable bonds is 4. The molecule has 146 valence electrons. The highest BCUT2D eigenvalue weighted by atomic mass is 79.9. The molecule has 0 radical (unpaired) electrons. The van der Waals surface area contributed by atoms with E-state index in [-0.39, 0.29) is 0 Å². The minimum atomic E-state index is -0.543. The van der Waals surface area contributed by atoms with E-state index in [0.717, 1.165) is 15.5 Å². The maximum absolute atomic E-state index is 4.80. The van der Waals surface area contributed by atoms with Gasteiger partial charge in [0.2, 0.25) is 0 Å². The van der Waals surface area contributed by atoms with E-state index in [1.54, 1.807) is 0 Å². The smallest absolute Gasteiger partial charge is 0.122 e. The van der Waals surface area contributed by atoms with E-state index >= 15 is 0 Å². The van der Waals surface area contributed by atoms with E-state index in [1.807, 2.05) is 6.33 Å². The van der Waals surface area contributed by atoms with Crippen molar-refractivity contribution in [2.45, 2.75) is 12.5 Å². The van der Waals surface area contributed by atoms with Crippen LogP contribution in [0.2, 0.25) is 0 Å². The lowest BCUT2D eigenvalue weighted by Gasteiger charge is -2.38. The number of benzene rings is 4. The molecule has 1 aromatic heterocycles. The number of hydrogen-bond donors (Lipinski definition) is 0. The zero-order chi connectivity index (χ0) is 20.6. The Labute approximate surface area is 185 Å². The summed E-state index contributed by atoms with van der Waals surface area (Å²) in [5, 5.41) is 0. The SMILES string of the molecule is Cc1cc2c(cc1Br)ncn2C(c1ccccc1)(c1ccccc1)c1ccccc1. The summed E-state index contributed by atoms with van der Waals surface area (Å²) in [6, 6.07) is 36.4. The summed E-state index contributed by atoms with van der Waals surface area (Å²) in [7, 11) is 0. The fourth-order valence-corrected chi connectivity index (χ4v) is 4.69. The number of fused-ring (bicyclic) bond motifs is 1. The molecule has 2 nitrogen and oxygen atoms in total. The summed E-state index contributed by atoms with van der Waals surface area (Å²) in [6.45, 7) is 2.12. The summed E-state index contributed by atoms with van der Waals surface area (Å²) in [5.41, 5.74) is 6.31. The molecule has 5 aromatic rings. The molecule has 0 bridgehead atoms. The summed E-state index contributed by atoms with van der Waals surface area (Å²) >= 11 is 3.66. The Morgan fingerprint density at radius 2 is 1.17 bits per heavy atom. The van der Waals surface area contributed by atoms with Crippen LogP contribution in [0.1, 0.15) is 22.3 Å². The molecule has 5 rings (SSSR count). The van der Waals surface area contributed by atoms with E-state index in [4.69, 9.17) is 4.98 Å². The van der Waals surface area contributed by atoms with Crippen LogP contribution in [0.3, 0.4) is 0 Å². The number of aryl methyl sites for hydroxylation is 1. The lowest BCUT2D eigenvalue weighted by atomic mass is 9.76. The first-order chi connectivity index (χ1) is 14.7. The van der Waals surface area contributed by atoms with Crippen LogP contribution in [0.15, 0.2) is 114 Å². The van der Waals surface area contributed by atoms with Crippen molar-refractivity contribution in [2.75, 3.05) is 0 Å². The van der Waals surface area contributed by atoms with E-state index < -0.39 is 5.54 Å². The molecule has 4 aromatic carbocycles. The topological polar surface area (TPSA) is 17.8 Å². The number of nitrogens with zero attached hydrogens (tertiary/aromatic N) is 2. The Bertz CT molecular complexity index is 1200. The predicted molar refractivity (Wildman–Crippen MR) is 127 cm³/mol. The fourth-order valence-electron chi connectivity index (χ4n) is 4.36. The second kappa shape index (κ2) is 7.58. The van der Waals surface area contributed by atoms with Crippen molar-refractivity contribution < 1.29 is 0 Å². The van der Waals surface area contributed by atoms with Gasteiger partial charge in [0.1, 0.15) is 5.54 Å². The number of aromatic nitrogens is 2. The molecule has 0 saturated carbocycles. The van der Waals surface area contributed by atoms with Crippen LogP contribution in [0.4, 0.5) is 0 Å². The zero-order valence-corrected chi connectivity index (χ0v) is 18.3. The van der Waals surface area contributed by atoms with E-state index in [9.17, 15) is 0 Å². The average Bonchev–Trinajstić information content (AvgIpc) is 3.20. The van der Waals surface area contributed by atoms with Crippen molar-refractivity contribution in [1.29, 1.82) is 0 Å². The van der Waals surface area contributed by atoms with Gasteiger partial charge in [-0.3, -0.25) is 0 Å². The number of halogens is 1. The highest BCUT2D eigenvalue weighted by Gasteiger charge is 2.39. The minimum absolute atomic E-state index is 0.543. The lowest BCUT2D eigenvalue weighted by Crippen LogP contribution is -2.37. The van der Waals surface area contributed by atoms with Gasteiger partial charge in [-0.2, -0.15) is 0 Å². The summed E-state index contributed by atoms with van der Waals surface area (Å²) < 4.78 is 3.40. The van der Waals surface area contributed by atoms with E-state index in [0.29, 0.717) is 0 Å². The molecule has 1 heterocycles. The molecular weight excluding hydrogens is 432 g/mol. The van der Waals surface area contributed by atoms with Crippen LogP contribution in [0, 0.1) is 6.92 Å². The molecule has 30 heavy (non-hydrogen) atoms. The second-order valence-corrected chi connectivity index (χ2v) is 8.37. The first-order valence-electron chi connectivity index (χ1n) is 10.0. The Morgan fingerprint density at radius 1 is 0.700 bits per heavy atom. The Hall–Kier alpha value is -3.17. The van der Waals surface area contributed by atoms with Crippen LogP contribution >= 0.6 is 15.9 Å². The highest BCUT2D eigenvalue weighted by Crippen LogP contribution is 2.42. The van der Waals surface area contributed by atoms with Gasteiger partial charge in [0.15, 0.2) is 0 Å². The van der Waals surface area contributed by atoms with E-state index in [2.05, 4.69) is 131 Å². The van der Waals surface area contributed by atoms with Gasteiger partial charge in [-0.1, -0.05) is 107 Å². The molecular formula is C27H21BrN2. The van der Waals surface area contributed by atoms with E-state index in [1.165, 1.54) is 22.3 Å². The van der Waals surface area contributed by atoms with Gasteiger partial charge in [0, 0.05) is 4.47 Å². The van der Waals surface area contributed by atoms with Gasteiger partial charge >= 0.3 is 0 Å². The molecule has 0 atom stereocenters. The van der Waals surface area contributed by atoms with Crippen LogP contribution < -0.4 is 0 Å². The number of imidazole rings is 1. The molecule has 0 N–H and O–H groups in total. The van der Waals surface area contributed by atoms with Gasteiger partial charge in [-0.15, -0.1) is 0 Å². The molecule has 0 fully saturated rings. The summed E-state index contributed by atoms with van der Waals surface area (Å²) in [5.74, 6) is 0. The third-order valence-electron chi connectivity index (χ3n) is 5.76. The molecule has 0 spiro atoms. The Balaban J connectivity index is 1.96. The summed E-state index contributed by atoms with van der Waals surface area (Å²) in [4.78, 5) is 4.80. The maximum atomic E-state index is 4.80. The van der Waals surface area contributed by atoms with Gasteiger partial charge < -0.3 is 4.57 Å². The monoisotopic (exact) mass is 452 g/mol. The maximum Gasteiger partial charge on any atom is 0.122 e. The molecule has 0 aliphatic rings. The van der Waals surface area contributed by atoms with Gasteiger partial charge in [0.05, 0.1) is 17.4 Å².